The van der Waals surface area contributed by atoms with Crippen LogP contribution in [0.25, 0.3) is 32.9 Å². The van der Waals surface area contributed by atoms with Crippen LogP contribution in [0.15, 0.2) is 58.4 Å². The fourth-order valence-corrected chi connectivity index (χ4v) is 9.31. The molecule has 1 unspecified atom stereocenters. The molecule has 3 aromatic heterocycles. The van der Waals surface area contributed by atoms with Crippen LogP contribution in [0.4, 0.5) is 5.69 Å². The lowest BCUT2D eigenvalue weighted by molar-refractivity contribution is -0.139. The molecule has 3 amide bonds. The number of imide groups is 1. The Labute approximate surface area is 334 Å². The number of para-hydroxylation sites is 1. The summed E-state index contributed by atoms with van der Waals surface area (Å²) in [4.78, 5) is 76.0. The molecule has 3 saturated heterocycles. The van der Waals surface area contributed by atoms with Crippen molar-refractivity contribution in [3.63, 3.8) is 0 Å². The van der Waals surface area contributed by atoms with Gasteiger partial charge in [-0.25, -0.2) is 4.79 Å². The summed E-state index contributed by atoms with van der Waals surface area (Å²) in [5, 5.41) is 3.80. The Balaban J connectivity index is 0.892. The van der Waals surface area contributed by atoms with Gasteiger partial charge in [0, 0.05) is 88.9 Å². The molecule has 1 aliphatic carbocycles. The molecule has 1 atom stereocenters. The molecule has 6 heterocycles. The van der Waals surface area contributed by atoms with Crippen LogP contribution in [-0.2, 0) is 35.0 Å². The minimum absolute atomic E-state index is 0.0850. The zero-order valence-electron chi connectivity index (χ0n) is 33.3. The Bertz CT molecular complexity index is 2590. The number of nitrogens with zero attached hydrogens (tertiary/aromatic N) is 7. The van der Waals surface area contributed by atoms with Gasteiger partial charge in [-0.2, -0.15) is 0 Å². The van der Waals surface area contributed by atoms with E-state index in [2.05, 4.69) is 26.2 Å². The molecular formula is C43H48N8O7. The van der Waals surface area contributed by atoms with Crippen LogP contribution in [0.5, 0.6) is 11.5 Å². The van der Waals surface area contributed by atoms with Crippen molar-refractivity contribution in [3.8, 4) is 22.6 Å². The minimum Gasteiger partial charge on any atom is -0.496 e. The van der Waals surface area contributed by atoms with Crippen molar-refractivity contribution in [3.05, 3.63) is 80.9 Å². The average Bonchev–Trinajstić information content (AvgIpc) is 4.05. The second-order valence-corrected chi connectivity index (χ2v) is 16.1. The highest BCUT2D eigenvalue weighted by Gasteiger charge is 2.35. The molecule has 0 spiro atoms. The number of benzene rings is 2. The lowest BCUT2D eigenvalue weighted by Gasteiger charge is -2.43. The smallest absolute Gasteiger partial charge is 0.329 e. The molecule has 9 rings (SSSR count). The highest BCUT2D eigenvalue weighted by atomic mass is 16.5. The number of piperazine rings is 1. The standard InChI is InChI=1S/C43H48N8O7/c1-46-22-30(28-20-32(25-8-9-25)44-21-29(28)42(46)55)26-18-36(57-3)31(37(19-26)58-4)23-48-16-17-50(39(53)24-48)27-12-14-49(15-13-27)33-6-5-7-34-40(33)47(2)43(56)51(34)35-10-11-38(52)45-41(35)54/h5-7,18-22,25,27,35H,8-17,23-24H2,1-4H3,(H,45,52,54). The van der Waals surface area contributed by atoms with Gasteiger partial charge < -0.3 is 23.8 Å². The highest BCUT2D eigenvalue weighted by Crippen LogP contribution is 2.42. The number of nitrogens with one attached hydrogen (secondary N) is 1. The predicted molar refractivity (Wildman–Crippen MR) is 218 cm³/mol. The number of ether oxygens (including phenoxy) is 2. The molecule has 4 aliphatic rings. The fraction of sp³-hybridized carbons (Fsp3) is 0.442. The summed E-state index contributed by atoms with van der Waals surface area (Å²) in [5.41, 5.74) is 5.57. The third-order valence-corrected chi connectivity index (χ3v) is 12.6. The number of rotatable bonds is 9. The lowest BCUT2D eigenvalue weighted by Crippen LogP contribution is -2.56. The van der Waals surface area contributed by atoms with E-state index in [1.165, 1.54) is 4.57 Å². The summed E-state index contributed by atoms with van der Waals surface area (Å²) in [6.07, 6.45) is 7.82. The summed E-state index contributed by atoms with van der Waals surface area (Å²) >= 11 is 0. The van der Waals surface area contributed by atoms with E-state index in [9.17, 15) is 24.0 Å². The van der Waals surface area contributed by atoms with E-state index in [1.54, 1.807) is 43.6 Å². The maximum atomic E-state index is 13.8. The molecular weight excluding hydrogens is 741 g/mol. The van der Waals surface area contributed by atoms with Crippen molar-refractivity contribution in [2.24, 2.45) is 14.1 Å². The number of hydrogen-bond acceptors (Lipinski definition) is 10. The van der Waals surface area contributed by atoms with Crippen LogP contribution < -0.4 is 30.9 Å². The molecule has 0 radical (unpaired) electrons. The quantitative estimate of drug-likeness (QED) is 0.220. The number of carbonyl (C=O) groups is 3. The minimum atomic E-state index is -0.744. The van der Waals surface area contributed by atoms with Gasteiger partial charge in [-0.1, -0.05) is 6.07 Å². The number of piperidine rings is 2. The SMILES string of the molecule is COc1cc(-c2cn(C)c(=O)c3cnc(C4CC4)cc23)cc(OC)c1CN1CCN(C2CCN(c3cccc4c3n(C)c(=O)n4C3CCC(=O)NC3=O)CC2)C(=O)C1. The van der Waals surface area contributed by atoms with Gasteiger partial charge in [0.1, 0.15) is 17.5 Å². The highest BCUT2D eigenvalue weighted by molar-refractivity contribution is 6.01. The molecule has 1 saturated carbocycles. The van der Waals surface area contributed by atoms with E-state index in [-0.39, 0.29) is 48.5 Å². The second-order valence-electron chi connectivity index (χ2n) is 16.1. The zero-order chi connectivity index (χ0) is 40.4. The molecule has 4 fully saturated rings. The van der Waals surface area contributed by atoms with E-state index in [0.717, 1.165) is 64.7 Å². The zero-order valence-corrected chi connectivity index (χ0v) is 33.3. The topological polar surface area (TPSA) is 153 Å². The number of aromatic nitrogens is 4. The van der Waals surface area contributed by atoms with E-state index in [4.69, 9.17) is 9.47 Å². The van der Waals surface area contributed by atoms with Crippen molar-refractivity contribution in [2.75, 3.05) is 51.8 Å². The molecule has 15 heteroatoms. The summed E-state index contributed by atoms with van der Waals surface area (Å²) in [6, 6.07) is 11.1. The van der Waals surface area contributed by atoms with Crippen LogP contribution in [-0.4, -0.2) is 99.2 Å². The van der Waals surface area contributed by atoms with Crippen molar-refractivity contribution < 1.29 is 23.9 Å². The normalized spacial score (nSPS) is 19.7. The third-order valence-electron chi connectivity index (χ3n) is 12.6. The molecule has 5 aromatic rings. The third kappa shape index (κ3) is 6.50. The first-order valence-electron chi connectivity index (χ1n) is 20.1. The molecule has 15 nitrogen and oxygen atoms in total. The average molecular weight is 789 g/mol. The fourth-order valence-electron chi connectivity index (χ4n) is 9.31. The van der Waals surface area contributed by atoms with Crippen LogP contribution in [0.1, 0.15) is 61.7 Å². The summed E-state index contributed by atoms with van der Waals surface area (Å²) in [7, 11) is 6.75. The van der Waals surface area contributed by atoms with Crippen LogP contribution in [0.3, 0.4) is 0 Å². The molecule has 1 N–H and O–H groups in total. The first-order valence-corrected chi connectivity index (χ1v) is 20.1. The number of carbonyl (C=O) groups excluding carboxylic acids is 3. The Kier molecular flexibility index (Phi) is 9.57. The number of imidazole rings is 1. The molecule has 58 heavy (non-hydrogen) atoms. The van der Waals surface area contributed by atoms with Crippen molar-refractivity contribution in [1.82, 2.24) is 33.8 Å². The van der Waals surface area contributed by atoms with E-state index < -0.39 is 11.9 Å². The van der Waals surface area contributed by atoms with E-state index in [0.29, 0.717) is 61.0 Å². The molecule has 302 valence electrons. The van der Waals surface area contributed by atoms with Gasteiger partial charge in [0.05, 0.1) is 48.4 Å². The largest absolute Gasteiger partial charge is 0.496 e. The van der Waals surface area contributed by atoms with E-state index >= 15 is 0 Å². The number of anilines is 1. The summed E-state index contributed by atoms with van der Waals surface area (Å²) < 4.78 is 16.6. The van der Waals surface area contributed by atoms with Gasteiger partial charge in [0.25, 0.3) is 5.56 Å². The van der Waals surface area contributed by atoms with Gasteiger partial charge in [-0.3, -0.25) is 43.5 Å². The maximum absolute atomic E-state index is 13.8. The van der Waals surface area contributed by atoms with Crippen molar-refractivity contribution in [1.29, 1.82) is 0 Å². The first kappa shape index (κ1) is 37.6. The molecule has 0 bridgehead atoms. The lowest BCUT2D eigenvalue weighted by atomic mass is 9.97. The number of fused-ring (bicyclic) bond motifs is 2. The number of methoxy groups -OCH3 is 2. The predicted octanol–water partition coefficient (Wildman–Crippen LogP) is 3.44. The number of pyridine rings is 2. The first-order chi connectivity index (χ1) is 28.0. The Hall–Kier alpha value is -5.96. The van der Waals surface area contributed by atoms with E-state index in [1.807, 2.05) is 41.4 Å². The van der Waals surface area contributed by atoms with Crippen LogP contribution in [0, 0.1) is 0 Å². The second kappa shape index (κ2) is 14.8. The van der Waals surface area contributed by atoms with Gasteiger partial charge >= 0.3 is 5.69 Å². The van der Waals surface area contributed by atoms with Crippen molar-refractivity contribution >= 4 is 45.2 Å². The molecule has 2 aromatic carbocycles. The van der Waals surface area contributed by atoms with Gasteiger partial charge in [0.2, 0.25) is 17.7 Å². The Morgan fingerprint density at radius 2 is 1.60 bits per heavy atom. The van der Waals surface area contributed by atoms with Crippen molar-refractivity contribution in [2.45, 2.75) is 63.1 Å². The summed E-state index contributed by atoms with van der Waals surface area (Å²) in [6.45, 7) is 3.45. The van der Waals surface area contributed by atoms with Crippen LogP contribution >= 0.6 is 0 Å². The Morgan fingerprint density at radius 3 is 2.28 bits per heavy atom. The number of hydrogen-bond donors (Lipinski definition) is 1. The molecule has 3 aliphatic heterocycles. The Morgan fingerprint density at radius 1 is 0.862 bits per heavy atom. The maximum Gasteiger partial charge on any atom is 0.329 e. The monoisotopic (exact) mass is 788 g/mol. The summed E-state index contributed by atoms with van der Waals surface area (Å²) in [5.74, 6) is 1.05. The number of amides is 3. The van der Waals surface area contributed by atoms with Gasteiger partial charge in [-0.15, -0.1) is 0 Å². The number of aryl methyl sites for hydroxylation is 2. The van der Waals surface area contributed by atoms with Gasteiger partial charge in [0.15, 0.2) is 0 Å². The van der Waals surface area contributed by atoms with Gasteiger partial charge in [-0.05, 0) is 73.4 Å². The van der Waals surface area contributed by atoms with Crippen LogP contribution in [0.2, 0.25) is 0 Å².